The number of hydrogen-bond acceptors (Lipinski definition) is 4. The van der Waals surface area contributed by atoms with Crippen LogP contribution in [0.15, 0.2) is 12.4 Å². The minimum Gasteiger partial charge on any atom is -0.353 e. The summed E-state index contributed by atoms with van der Waals surface area (Å²) in [5, 5.41) is 3.47. The van der Waals surface area contributed by atoms with E-state index in [1.54, 1.807) is 0 Å². The van der Waals surface area contributed by atoms with Crippen LogP contribution >= 0.6 is 0 Å². The van der Waals surface area contributed by atoms with Crippen molar-refractivity contribution in [3.05, 3.63) is 18.1 Å². The van der Waals surface area contributed by atoms with Crippen LogP contribution in [0.1, 0.15) is 66.5 Å². The minimum absolute atomic E-state index is 0.0935. The smallest absolute Gasteiger partial charge is 0.147 e. The SMILES string of the molecule is CCCCN(c1cncc(CNC(C)(C)C)n1)C(C)CC. The number of aromatic nitrogens is 2. The highest BCUT2D eigenvalue weighted by molar-refractivity contribution is 5.37. The Kier molecular flexibility index (Phi) is 7.09. The number of anilines is 1. The summed E-state index contributed by atoms with van der Waals surface area (Å²) < 4.78 is 0. The lowest BCUT2D eigenvalue weighted by atomic mass is 10.1. The summed E-state index contributed by atoms with van der Waals surface area (Å²) in [5.74, 6) is 1.01. The molecule has 4 nitrogen and oxygen atoms in total. The molecule has 0 bridgehead atoms. The van der Waals surface area contributed by atoms with E-state index in [-0.39, 0.29) is 5.54 Å². The zero-order valence-corrected chi connectivity index (χ0v) is 14.6. The van der Waals surface area contributed by atoms with Gasteiger partial charge in [-0.1, -0.05) is 20.3 Å². The molecule has 0 spiro atoms. The molecule has 1 atom stereocenters. The summed E-state index contributed by atoms with van der Waals surface area (Å²) in [6.45, 7) is 15.0. The van der Waals surface area contributed by atoms with Gasteiger partial charge in [0.25, 0.3) is 0 Å². The fraction of sp³-hybridized carbons (Fsp3) is 0.765. The molecule has 0 aromatic carbocycles. The van der Waals surface area contributed by atoms with Crippen LogP contribution in [0.2, 0.25) is 0 Å². The highest BCUT2D eigenvalue weighted by Crippen LogP contribution is 2.16. The van der Waals surface area contributed by atoms with E-state index in [4.69, 9.17) is 4.98 Å². The highest BCUT2D eigenvalue weighted by Gasteiger charge is 2.15. The number of unbranched alkanes of at least 4 members (excludes halogenated alkanes) is 1. The van der Waals surface area contributed by atoms with Gasteiger partial charge in [-0.2, -0.15) is 0 Å². The average molecular weight is 292 g/mol. The van der Waals surface area contributed by atoms with Gasteiger partial charge in [0.2, 0.25) is 0 Å². The summed E-state index contributed by atoms with van der Waals surface area (Å²) in [5.41, 5.74) is 1.10. The average Bonchev–Trinajstić information content (AvgIpc) is 2.45. The second-order valence-electron chi connectivity index (χ2n) is 6.78. The van der Waals surface area contributed by atoms with E-state index in [0.717, 1.165) is 31.0 Å². The van der Waals surface area contributed by atoms with E-state index in [0.29, 0.717) is 6.04 Å². The molecule has 21 heavy (non-hydrogen) atoms. The van der Waals surface area contributed by atoms with Crippen molar-refractivity contribution in [2.75, 3.05) is 11.4 Å². The van der Waals surface area contributed by atoms with Crippen molar-refractivity contribution in [3.8, 4) is 0 Å². The Morgan fingerprint density at radius 1 is 1.24 bits per heavy atom. The number of nitrogens with one attached hydrogen (secondary N) is 1. The molecule has 1 aromatic heterocycles. The minimum atomic E-state index is 0.0935. The lowest BCUT2D eigenvalue weighted by Crippen LogP contribution is -2.36. The molecule has 1 N–H and O–H groups in total. The summed E-state index contributed by atoms with van der Waals surface area (Å²) in [4.78, 5) is 11.6. The van der Waals surface area contributed by atoms with E-state index < -0.39 is 0 Å². The molecule has 1 unspecified atom stereocenters. The molecular weight excluding hydrogens is 260 g/mol. The maximum absolute atomic E-state index is 4.80. The number of rotatable bonds is 8. The van der Waals surface area contributed by atoms with Gasteiger partial charge < -0.3 is 10.2 Å². The molecule has 1 rings (SSSR count). The van der Waals surface area contributed by atoms with E-state index in [1.807, 2.05) is 12.4 Å². The van der Waals surface area contributed by atoms with E-state index in [1.165, 1.54) is 12.8 Å². The third kappa shape index (κ3) is 6.42. The summed E-state index contributed by atoms with van der Waals surface area (Å²) in [6.07, 6.45) is 7.26. The zero-order valence-electron chi connectivity index (χ0n) is 14.6. The van der Waals surface area contributed by atoms with Crippen LogP contribution in [0.4, 0.5) is 5.82 Å². The van der Waals surface area contributed by atoms with Crippen LogP contribution < -0.4 is 10.2 Å². The van der Waals surface area contributed by atoms with Crippen LogP contribution in [0.5, 0.6) is 0 Å². The molecule has 1 aromatic rings. The van der Waals surface area contributed by atoms with Crippen molar-refractivity contribution in [3.63, 3.8) is 0 Å². The van der Waals surface area contributed by atoms with Crippen LogP contribution in [0.25, 0.3) is 0 Å². The van der Waals surface area contributed by atoms with Gasteiger partial charge in [0.15, 0.2) is 0 Å². The van der Waals surface area contributed by atoms with Gasteiger partial charge in [-0.15, -0.1) is 0 Å². The van der Waals surface area contributed by atoms with Gasteiger partial charge >= 0.3 is 0 Å². The van der Waals surface area contributed by atoms with Crippen molar-refractivity contribution < 1.29 is 0 Å². The predicted molar refractivity (Wildman–Crippen MR) is 90.6 cm³/mol. The molecule has 0 saturated carbocycles. The molecule has 4 heteroatoms. The topological polar surface area (TPSA) is 41.1 Å². The first kappa shape index (κ1) is 17.9. The Morgan fingerprint density at radius 3 is 2.52 bits per heavy atom. The summed E-state index contributed by atoms with van der Waals surface area (Å²) >= 11 is 0. The van der Waals surface area contributed by atoms with E-state index in [9.17, 15) is 0 Å². The molecule has 1 heterocycles. The highest BCUT2D eigenvalue weighted by atomic mass is 15.2. The Labute approximate surface area is 130 Å². The predicted octanol–water partition coefficient (Wildman–Crippen LogP) is 3.77. The molecule has 0 fully saturated rings. The van der Waals surface area contributed by atoms with Gasteiger partial charge in [-0.05, 0) is 40.5 Å². The molecule has 0 amide bonds. The van der Waals surface area contributed by atoms with Gasteiger partial charge in [0, 0.05) is 30.9 Å². The van der Waals surface area contributed by atoms with Crippen LogP contribution in [0, 0.1) is 0 Å². The normalized spacial score (nSPS) is 13.2. The summed E-state index contributed by atoms with van der Waals surface area (Å²) in [6, 6.07) is 0.497. The van der Waals surface area contributed by atoms with Crippen LogP contribution in [-0.2, 0) is 6.54 Å². The Hall–Kier alpha value is -1.16. The van der Waals surface area contributed by atoms with Crippen LogP contribution in [-0.4, -0.2) is 28.1 Å². The standard InChI is InChI=1S/C17H32N4/c1-7-9-10-21(14(3)8-2)16-13-18-11-15(20-16)12-19-17(4,5)6/h11,13-14,19H,7-10,12H2,1-6H3. The summed E-state index contributed by atoms with van der Waals surface area (Å²) in [7, 11) is 0. The van der Waals surface area contributed by atoms with E-state index in [2.05, 4.69) is 56.7 Å². The lowest BCUT2D eigenvalue weighted by Gasteiger charge is -2.30. The quantitative estimate of drug-likeness (QED) is 0.792. The molecule has 0 aliphatic carbocycles. The van der Waals surface area contributed by atoms with Crippen molar-refractivity contribution >= 4 is 5.82 Å². The first-order chi connectivity index (χ1) is 9.87. The fourth-order valence-corrected chi connectivity index (χ4v) is 2.08. The fourth-order valence-electron chi connectivity index (χ4n) is 2.08. The van der Waals surface area contributed by atoms with Gasteiger partial charge in [-0.3, -0.25) is 4.98 Å². The van der Waals surface area contributed by atoms with E-state index >= 15 is 0 Å². The van der Waals surface area contributed by atoms with Crippen LogP contribution in [0.3, 0.4) is 0 Å². The largest absolute Gasteiger partial charge is 0.353 e. The molecule has 0 aliphatic rings. The number of nitrogens with zero attached hydrogens (tertiary/aromatic N) is 3. The van der Waals surface area contributed by atoms with Gasteiger partial charge in [0.05, 0.1) is 11.9 Å². The number of hydrogen-bond donors (Lipinski definition) is 1. The van der Waals surface area contributed by atoms with Gasteiger partial charge in [0.1, 0.15) is 5.82 Å². The Bertz CT molecular complexity index is 411. The second kappa shape index (κ2) is 8.32. The maximum atomic E-state index is 4.80. The van der Waals surface area contributed by atoms with Crippen molar-refractivity contribution in [2.45, 2.75) is 78.9 Å². The third-order valence-corrected chi connectivity index (χ3v) is 3.64. The molecular formula is C17H32N4. The first-order valence-electron chi connectivity index (χ1n) is 8.20. The van der Waals surface area contributed by atoms with Gasteiger partial charge in [-0.25, -0.2) is 4.98 Å². The Balaban J connectivity index is 2.83. The first-order valence-corrected chi connectivity index (χ1v) is 8.20. The Morgan fingerprint density at radius 2 is 1.95 bits per heavy atom. The third-order valence-electron chi connectivity index (χ3n) is 3.64. The molecule has 0 saturated heterocycles. The zero-order chi connectivity index (χ0) is 15.9. The van der Waals surface area contributed by atoms with Crippen molar-refractivity contribution in [2.24, 2.45) is 0 Å². The lowest BCUT2D eigenvalue weighted by molar-refractivity contribution is 0.420. The monoisotopic (exact) mass is 292 g/mol. The maximum Gasteiger partial charge on any atom is 0.147 e. The second-order valence-corrected chi connectivity index (χ2v) is 6.78. The molecule has 0 radical (unpaired) electrons. The van der Waals surface area contributed by atoms with Crippen molar-refractivity contribution in [1.29, 1.82) is 0 Å². The molecule has 120 valence electrons. The molecule has 0 aliphatic heterocycles. The van der Waals surface area contributed by atoms with Crippen molar-refractivity contribution in [1.82, 2.24) is 15.3 Å².